The Kier molecular flexibility index (Phi) is 4.42. The lowest BCUT2D eigenvalue weighted by molar-refractivity contribution is 0.867. The first-order valence-electron chi connectivity index (χ1n) is 7.29. The lowest BCUT2D eigenvalue weighted by Gasteiger charge is -2.10. The van der Waals surface area contributed by atoms with E-state index >= 15 is 0 Å². The molecule has 0 amide bonds. The van der Waals surface area contributed by atoms with Crippen molar-refractivity contribution in [2.45, 2.75) is 46.5 Å². The van der Waals surface area contributed by atoms with Gasteiger partial charge in [-0.1, -0.05) is 64.1 Å². The number of aryl methyl sites for hydroxylation is 2. The van der Waals surface area contributed by atoms with Gasteiger partial charge in [-0.2, -0.15) is 0 Å². The van der Waals surface area contributed by atoms with Gasteiger partial charge in [-0.05, 0) is 52.6 Å². The first kappa shape index (κ1) is 13.9. The second kappa shape index (κ2) is 6.06. The number of hydrogen-bond donors (Lipinski definition) is 0. The Morgan fingerprint density at radius 1 is 0.842 bits per heavy atom. The topological polar surface area (TPSA) is 0 Å². The third-order valence-corrected chi connectivity index (χ3v) is 3.65. The minimum Gasteiger partial charge on any atom is -0.0613 e. The van der Waals surface area contributed by atoms with E-state index < -0.39 is 0 Å². The zero-order chi connectivity index (χ0) is 13.8. The molecule has 0 fully saturated rings. The highest BCUT2D eigenvalue weighted by Gasteiger charge is 2.04. The normalized spacial score (nSPS) is 11.0. The van der Waals surface area contributed by atoms with Gasteiger partial charge in [-0.3, -0.25) is 0 Å². The molecule has 0 aliphatic heterocycles. The van der Waals surface area contributed by atoms with Crippen molar-refractivity contribution in [2.75, 3.05) is 0 Å². The molecule has 99 valence electrons. The van der Waals surface area contributed by atoms with Gasteiger partial charge in [-0.25, -0.2) is 0 Å². The van der Waals surface area contributed by atoms with Gasteiger partial charge in [-0.15, -0.1) is 0 Å². The molecule has 0 heteroatoms. The van der Waals surface area contributed by atoms with Crippen LogP contribution in [-0.2, 0) is 12.8 Å². The molecule has 0 aliphatic carbocycles. The maximum absolute atomic E-state index is 3.48. The van der Waals surface area contributed by atoms with Crippen LogP contribution >= 0.6 is 0 Å². The second-order valence-electron chi connectivity index (χ2n) is 5.40. The molecular weight excluding hydrogens is 228 g/mol. The van der Waals surface area contributed by atoms with E-state index in [1.54, 1.807) is 0 Å². The summed E-state index contributed by atoms with van der Waals surface area (Å²) in [5, 5.41) is 0. The zero-order valence-corrected chi connectivity index (χ0v) is 12.5. The van der Waals surface area contributed by atoms with Gasteiger partial charge in [0.2, 0.25) is 0 Å². The summed E-state index contributed by atoms with van der Waals surface area (Å²) in [7, 11) is 0. The van der Waals surface area contributed by atoms with Gasteiger partial charge in [0.1, 0.15) is 0 Å². The average molecular weight is 251 g/mol. The summed E-state index contributed by atoms with van der Waals surface area (Å²) in [5.74, 6) is 0.593. The molecule has 0 N–H and O–H groups in total. The van der Waals surface area contributed by atoms with Crippen molar-refractivity contribution >= 4 is 0 Å². The Morgan fingerprint density at radius 3 is 1.79 bits per heavy atom. The number of rotatable bonds is 4. The Balaban J connectivity index is 2.40. The van der Waals surface area contributed by atoms with E-state index in [-0.39, 0.29) is 0 Å². The predicted octanol–water partition coefficient (Wildman–Crippen LogP) is 5.40. The summed E-state index contributed by atoms with van der Waals surface area (Å²) >= 11 is 0. The third kappa shape index (κ3) is 3.26. The Hall–Kier alpha value is -1.56. The van der Waals surface area contributed by atoms with Gasteiger partial charge in [0.15, 0.2) is 0 Å². The standard InChI is InChI=1S/C19H23/c1-5-15-11-16(6-2)13-19(12-15)18-9-7-17(8-10-18)14(3)4/h7-10,12-14H,5-6H2,1-4H3. The molecular formula is C19H23. The molecule has 1 radical (unpaired) electrons. The van der Waals surface area contributed by atoms with Crippen LogP contribution in [0.3, 0.4) is 0 Å². The molecule has 0 atom stereocenters. The zero-order valence-electron chi connectivity index (χ0n) is 12.5. The number of hydrogen-bond acceptors (Lipinski definition) is 0. The van der Waals surface area contributed by atoms with Crippen LogP contribution < -0.4 is 0 Å². The fourth-order valence-corrected chi connectivity index (χ4v) is 2.30. The van der Waals surface area contributed by atoms with Crippen LogP contribution in [0, 0.1) is 6.07 Å². The molecule has 2 aromatic carbocycles. The lowest BCUT2D eigenvalue weighted by Crippen LogP contribution is -1.91. The van der Waals surface area contributed by atoms with Crippen molar-refractivity contribution in [1.29, 1.82) is 0 Å². The Bertz CT molecular complexity index is 510. The summed E-state index contributed by atoms with van der Waals surface area (Å²) < 4.78 is 0. The summed E-state index contributed by atoms with van der Waals surface area (Å²) in [4.78, 5) is 0. The fourth-order valence-electron chi connectivity index (χ4n) is 2.30. The van der Waals surface area contributed by atoms with E-state index in [2.05, 4.69) is 70.2 Å². The Labute approximate surface area is 117 Å². The highest BCUT2D eigenvalue weighted by atomic mass is 14.1. The summed E-state index contributed by atoms with van der Waals surface area (Å²) in [6.45, 7) is 8.85. The average Bonchev–Trinajstić information content (AvgIpc) is 2.46. The first-order chi connectivity index (χ1) is 9.13. The van der Waals surface area contributed by atoms with Crippen molar-refractivity contribution in [3.63, 3.8) is 0 Å². The molecule has 0 unspecified atom stereocenters. The summed E-state index contributed by atoms with van der Waals surface area (Å²) in [6.07, 6.45) is 2.09. The van der Waals surface area contributed by atoms with E-state index in [0.717, 1.165) is 12.8 Å². The quantitative estimate of drug-likeness (QED) is 0.682. The van der Waals surface area contributed by atoms with Crippen molar-refractivity contribution in [3.05, 3.63) is 59.2 Å². The van der Waals surface area contributed by atoms with Crippen LogP contribution in [-0.4, -0.2) is 0 Å². The SMILES string of the molecule is CCc1[c]c(CC)cc(-c2ccc(C(C)C)cc2)c1. The smallest absolute Gasteiger partial charge is 0.0114 e. The van der Waals surface area contributed by atoms with Crippen LogP contribution in [0.4, 0.5) is 0 Å². The molecule has 0 nitrogen and oxygen atoms in total. The highest BCUT2D eigenvalue weighted by molar-refractivity contribution is 5.65. The van der Waals surface area contributed by atoms with Crippen molar-refractivity contribution in [2.24, 2.45) is 0 Å². The van der Waals surface area contributed by atoms with Gasteiger partial charge in [0.25, 0.3) is 0 Å². The van der Waals surface area contributed by atoms with Crippen LogP contribution in [0.2, 0.25) is 0 Å². The minimum atomic E-state index is 0.593. The molecule has 0 aromatic heterocycles. The van der Waals surface area contributed by atoms with E-state index in [4.69, 9.17) is 0 Å². The molecule has 2 rings (SSSR count). The van der Waals surface area contributed by atoms with Crippen LogP contribution in [0.15, 0.2) is 36.4 Å². The summed E-state index contributed by atoms with van der Waals surface area (Å²) in [5.41, 5.74) is 6.65. The second-order valence-corrected chi connectivity index (χ2v) is 5.40. The molecule has 2 aromatic rings. The van der Waals surface area contributed by atoms with Crippen LogP contribution in [0.1, 0.15) is 50.3 Å². The maximum Gasteiger partial charge on any atom is -0.0114 e. The van der Waals surface area contributed by atoms with Gasteiger partial charge < -0.3 is 0 Å². The van der Waals surface area contributed by atoms with Gasteiger partial charge in [0.05, 0.1) is 0 Å². The lowest BCUT2D eigenvalue weighted by atomic mass is 9.95. The largest absolute Gasteiger partial charge is 0.0613 e. The number of benzene rings is 2. The van der Waals surface area contributed by atoms with Crippen molar-refractivity contribution in [3.8, 4) is 11.1 Å². The summed E-state index contributed by atoms with van der Waals surface area (Å²) in [6, 6.07) is 17.0. The third-order valence-electron chi connectivity index (χ3n) is 3.65. The van der Waals surface area contributed by atoms with Crippen LogP contribution in [0.5, 0.6) is 0 Å². The molecule has 0 aliphatic rings. The molecule has 0 heterocycles. The van der Waals surface area contributed by atoms with Crippen molar-refractivity contribution < 1.29 is 0 Å². The first-order valence-corrected chi connectivity index (χ1v) is 7.29. The van der Waals surface area contributed by atoms with Gasteiger partial charge in [0, 0.05) is 0 Å². The molecule has 0 saturated heterocycles. The molecule has 0 saturated carbocycles. The van der Waals surface area contributed by atoms with E-state index in [0.29, 0.717) is 5.92 Å². The molecule has 0 spiro atoms. The molecule has 19 heavy (non-hydrogen) atoms. The monoisotopic (exact) mass is 251 g/mol. The Morgan fingerprint density at radius 2 is 1.37 bits per heavy atom. The van der Waals surface area contributed by atoms with Crippen LogP contribution in [0.25, 0.3) is 11.1 Å². The molecule has 0 bridgehead atoms. The predicted molar refractivity (Wildman–Crippen MR) is 83.6 cm³/mol. The van der Waals surface area contributed by atoms with E-state index in [9.17, 15) is 0 Å². The fraction of sp³-hybridized carbons (Fsp3) is 0.368. The van der Waals surface area contributed by atoms with E-state index in [1.165, 1.54) is 27.8 Å². The van der Waals surface area contributed by atoms with E-state index in [1.807, 2.05) is 0 Å². The highest BCUT2D eigenvalue weighted by Crippen LogP contribution is 2.25. The minimum absolute atomic E-state index is 0.593. The maximum atomic E-state index is 3.48. The van der Waals surface area contributed by atoms with Gasteiger partial charge >= 0.3 is 0 Å². The van der Waals surface area contributed by atoms with Crippen molar-refractivity contribution in [1.82, 2.24) is 0 Å².